The van der Waals surface area contributed by atoms with Gasteiger partial charge in [-0.2, -0.15) is 0 Å². The highest BCUT2D eigenvalue weighted by molar-refractivity contribution is 7.99. The van der Waals surface area contributed by atoms with Gasteiger partial charge in [0.2, 0.25) is 0 Å². The molecule has 0 radical (unpaired) electrons. The molecule has 2 heterocycles. The van der Waals surface area contributed by atoms with E-state index in [1.165, 1.54) is 146 Å². The van der Waals surface area contributed by atoms with Crippen molar-refractivity contribution in [2.24, 2.45) is 23.7 Å². The third kappa shape index (κ3) is 10.4. The van der Waals surface area contributed by atoms with Crippen molar-refractivity contribution in [2.75, 3.05) is 0 Å². The quantitative estimate of drug-likeness (QED) is 0.0844. The summed E-state index contributed by atoms with van der Waals surface area (Å²) in [5.74, 6) is 3.24. The van der Waals surface area contributed by atoms with Crippen LogP contribution in [0.3, 0.4) is 0 Å². The van der Waals surface area contributed by atoms with Gasteiger partial charge < -0.3 is 0 Å². The van der Waals surface area contributed by atoms with E-state index < -0.39 is 0 Å². The molecule has 6 aromatic carbocycles. The second-order valence-corrected chi connectivity index (χ2v) is 22.4. The molecule has 0 aliphatic carbocycles. The lowest BCUT2D eigenvalue weighted by atomic mass is 9.94. The summed E-state index contributed by atoms with van der Waals surface area (Å²) < 4.78 is 5.62. The Morgan fingerprint density at radius 1 is 0.397 bits per heavy atom. The maximum atomic E-state index is 2.43. The summed E-state index contributed by atoms with van der Waals surface area (Å²) in [6.45, 7) is 14.2. The second-order valence-electron chi connectivity index (χ2n) is 18.0. The van der Waals surface area contributed by atoms with E-state index in [1.54, 1.807) is 0 Å². The van der Waals surface area contributed by atoms with Gasteiger partial charge in [-0.25, -0.2) is 0 Å². The number of rotatable bonds is 18. The molecule has 0 spiro atoms. The van der Waals surface area contributed by atoms with Gasteiger partial charge in [0.25, 0.3) is 0 Å². The van der Waals surface area contributed by atoms with Crippen molar-refractivity contribution >= 4 is 97.3 Å². The topological polar surface area (TPSA) is 0 Å². The summed E-state index contributed by atoms with van der Waals surface area (Å²) in [6, 6.07) is 42.3. The third-order valence-electron chi connectivity index (χ3n) is 12.1. The van der Waals surface area contributed by atoms with Gasteiger partial charge in [-0.1, -0.05) is 140 Å². The molecule has 0 aliphatic heterocycles. The molecule has 58 heavy (non-hydrogen) atoms. The molecule has 2 aromatic heterocycles. The minimum atomic E-state index is 0.801. The Labute approximate surface area is 364 Å². The Bertz CT molecular complexity index is 2420. The van der Waals surface area contributed by atoms with Crippen molar-refractivity contribution in [2.45, 2.75) is 125 Å². The van der Waals surface area contributed by atoms with Gasteiger partial charge in [-0.15, -0.1) is 22.7 Å². The first kappa shape index (κ1) is 41.5. The summed E-state index contributed by atoms with van der Waals surface area (Å²) in [5, 5.41) is 8.07. The first-order valence-corrected chi connectivity index (χ1v) is 25.2. The van der Waals surface area contributed by atoms with Crippen molar-refractivity contribution in [3.05, 3.63) is 120 Å². The van der Waals surface area contributed by atoms with E-state index in [1.807, 2.05) is 46.2 Å². The van der Waals surface area contributed by atoms with E-state index in [2.05, 4.69) is 151 Å². The van der Waals surface area contributed by atoms with Crippen molar-refractivity contribution in [3.8, 4) is 0 Å². The lowest BCUT2D eigenvalue weighted by Crippen LogP contribution is -1.99. The Morgan fingerprint density at radius 3 is 1.19 bits per heavy atom. The van der Waals surface area contributed by atoms with Crippen LogP contribution in [0.5, 0.6) is 0 Å². The second kappa shape index (κ2) is 19.0. The lowest BCUT2D eigenvalue weighted by Gasteiger charge is -2.12. The maximum Gasteiger partial charge on any atom is 0.0542 e. The fraction of sp³-hybridized carbons (Fsp3) is 0.370. The highest BCUT2D eigenvalue weighted by Gasteiger charge is 2.15. The van der Waals surface area contributed by atoms with E-state index in [0.29, 0.717) is 0 Å². The third-order valence-corrected chi connectivity index (χ3v) is 16.6. The molecule has 0 bridgehead atoms. The molecule has 0 amide bonds. The number of thiophene rings is 2. The van der Waals surface area contributed by atoms with Crippen LogP contribution in [-0.4, -0.2) is 0 Å². The highest BCUT2D eigenvalue weighted by atomic mass is 32.2. The van der Waals surface area contributed by atoms with Crippen LogP contribution in [-0.2, 0) is 12.8 Å². The van der Waals surface area contributed by atoms with Gasteiger partial charge in [0.05, 0.1) is 9.40 Å². The van der Waals surface area contributed by atoms with Gasteiger partial charge in [-0.3, -0.25) is 0 Å². The fourth-order valence-electron chi connectivity index (χ4n) is 8.41. The van der Waals surface area contributed by atoms with E-state index in [0.717, 1.165) is 23.7 Å². The van der Waals surface area contributed by atoms with Crippen molar-refractivity contribution < 1.29 is 0 Å². The van der Waals surface area contributed by atoms with Crippen LogP contribution in [0.1, 0.15) is 104 Å². The Balaban J connectivity index is 0.924. The van der Waals surface area contributed by atoms with Crippen LogP contribution >= 0.6 is 46.2 Å². The predicted octanol–water partition coefficient (Wildman–Crippen LogP) is 18.7. The zero-order valence-electron chi connectivity index (χ0n) is 35.4. The summed E-state index contributed by atoms with van der Waals surface area (Å²) in [4.78, 5) is 5.23. The van der Waals surface area contributed by atoms with E-state index in [-0.39, 0.29) is 0 Å². The normalized spacial score (nSPS) is 13.3. The van der Waals surface area contributed by atoms with Gasteiger partial charge in [-0.05, 0) is 155 Å². The van der Waals surface area contributed by atoms with Gasteiger partial charge in [0.1, 0.15) is 0 Å². The van der Waals surface area contributed by atoms with E-state index >= 15 is 0 Å². The van der Waals surface area contributed by atoms with Crippen molar-refractivity contribution in [1.82, 2.24) is 0 Å². The van der Waals surface area contributed by atoms with E-state index in [9.17, 15) is 0 Å². The molecule has 4 heteroatoms. The van der Waals surface area contributed by atoms with Crippen LogP contribution in [0.4, 0.5) is 0 Å². The summed E-state index contributed by atoms with van der Waals surface area (Å²) in [6.07, 6.45) is 13.1. The predicted molar refractivity (Wildman–Crippen MR) is 263 cm³/mol. The van der Waals surface area contributed by atoms with Crippen molar-refractivity contribution in [1.29, 1.82) is 0 Å². The smallest absolute Gasteiger partial charge is 0.0542 e. The molecular weight excluding hydrogens is 777 g/mol. The van der Waals surface area contributed by atoms with Crippen LogP contribution in [0, 0.1) is 23.7 Å². The van der Waals surface area contributed by atoms with E-state index in [4.69, 9.17) is 0 Å². The fourth-order valence-corrected chi connectivity index (χ4v) is 12.8. The number of hydrogen-bond acceptors (Lipinski definition) is 4. The minimum Gasteiger partial charge on any atom is -0.134 e. The number of hydrogen-bond donors (Lipinski definition) is 0. The summed E-state index contributed by atoms with van der Waals surface area (Å²) in [5.41, 5.74) is 2.92. The molecule has 0 N–H and O–H groups in total. The molecule has 8 aromatic rings. The van der Waals surface area contributed by atoms with Gasteiger partial charge >= 0.3 is 0 Å². The lowest BCUT2D eigenvalue weighted by molar-refractivity contribution is 0.437. The molecule has 2 unspecified atom stereocenters. The largest absolute Gasteiger partial charge is 0.134 e. The van der Waals surface area contributed by atoms with Crippen LogP contribution in [0.25, 0.3) is 51.1 Å². The summed E-state index contributed by atoms with van der Waals surface area (Å²) >= 11 is 7.67. The Kier molecular flexibility index (Phi) is 13.6. The molecule has 0 aliphatic rings. The first-order valence-electron chi connectivity index (χ1n) is 21.9. The van der Waals surface area contributed by atoms with Gasteiger partial charge in [0, 0.05) is 39.8 Å². The SMILES string of the molecule is CC(C)CCCC(C)CCc1ccc(Sc2ccc3cc4c(cc3c2)sc2c3cc5ccc(Sc6ccc(CCC(C)CCCC(C)C)cc6)cc5cc3sc42)cc1. The molecule has 2 atom stereocenters. The molecule has 0 saturated carbocycles. The van der Waals surface area contributed by atoms with Gasteiger partial charge in [0.15, 0.2) is 0 Å². The average Bonchev–Trinajstić information content (AvgIpc) is 3.73. The standard InChI is InChI=1S/C54H60S4/c1-35(2)9-7-11-37(5)13-15-39-17-23-45(24-18-39)55-47-27-21-41-31-49-51(33-43(41)29-47)57-54-50-32-42-22-28-48(30-44(42)34-52(50)58-53(49)54)56-46-25-19-40(20-26-46)16-14-38(6)12-8-10-36(3)4/h17-38H,7-16H2,1-6H3. The van der Waals surface area contributed by atoms with Crippen LogP contribution < -0.4 is 0 Å². The minimum absolute atomic E-state index is 0.801. The molecule has 0 saturated heterocycles. The monoisotopic (exact) mass is 836 g/mol. The number of benzene rings is 6. The molecule has 300 valence electrons. The first-order chi connectivity index (χ1) is 28.1. The molecule has 0 fully saturated rings. The zero-order valence-corrected chi connectivity index (χ0v) is 38.7. The van der Waals surface area contributed by atoms with Crippen LogP contribution in [0.2, 0.25) is 0 Å². The molecular formula is C54H60S4. The number of fused-ring (bicyclic) bond motifs is 7. The summed E-state index contributed by atoms with van der Waals surface area (Å²) in [7, 11) is 0. The zero-order chi connectivity index (χ0) is 40.2. The van der Waals surface area contributed by atoms with Crippen LogP contribution in [0.15, 0.2) is 129 Å². The number of aryl methyl sites for hydroxylation is 2. The Hall–Kier alpha value is -3.28. The molecule has 0 nitrogen and oxygen atoms in total. The average molecular weight is 837 g/mol. The highest BCUT2D eigenvalue weighted by Crippen LogP contribution is 2.47. The molecule has 8 rings (SSSR count). The maximum absolute atomic E-state index is 2.43. The van der Waals surface area contributed by atoms with Crippen molar-refractivity contribution in [3.63, 3.8) is 0 Å². The Morgan fingerprint density at radius 2 is 0.793 bits per heavy atom.